The summed E-state index contributed by atoms with van der Waals surface area (Å²) in [6.45, 7) is 9.12. The average molecular weight is 638 g/mol. The molecule has 1 aliphatic rings. The van der Waals surface area contributed by atoms with Gasteiger partial charge in [0.25, 0.3) is 0 Å². The standard InChI is InChI=1S/C36H39N5O4S/c1-5-30-23-40(46(43,44)34-13-10-18-37-36(34)45-30)22-28-20-27(15-14-24(28)3)32(21-29(42)19-26-11-8-7-9-12-26)31-16-17-33-35(25(31)4)38-39-41(33)6-2/h7-18,20,30,32H,5-6,19,21-23H2,1-4H3/t30-,32+/m1/s1. The van der Waals surface area contributed by atoms with Crippen LogP contribution >= 0.6 is 0 Å². The Kier molecular flexibility index (Phi) is 9.02. The molecule has 0 bridgehead atoms. The van der Waals surface area contributed by atoms with Crippen LogP contribution in [0.3, 0.4) is 0 Å². The van der Waals surface area contributed by atoms with Gasteiger partial charge in [0.05, 0.1) is 12.1 Å². The molecule has 0 radical (unpaired) electrons. The number of carbonyl (C=O) groups is 1. The molecule has 3 aromatic carbocycles. The second-order valence-corrected chi connectivity index (χ2v) is 13.9. The molecule has 5 aromatic rings. The smallest absolute Gasteiger partial charge is 0.248 e. The number of rotatable bonds is 10. The number of pyridine rings is 1. The van der Waals surface area contributed by atoms with Gasteiger partial charge in [0.15, 0.2) is 0 Å². The highest BCUT2D eigenvalue weighted by Crippen LogP contribution is 2.36. The highest BCUT2D eigenvalue weighted by atomic mass is 32.2. The zero-order chi connectivity index (χ0) is 32.4. The van der Waals surface area contributed by atoms with Crippen LogP contribution in [-0.2, 0) is 34.3 Å². The maximum atomic E-state index is 13.9. The number of benzene rings is 3. The lowest BCUT2D eigenvalue weighted by Gasteiger charge is -2.25. The highest BCUT2D eigenvalue weighted by molar-refractivity contribution is 7.89. The van der Waals surface area contributed by atoms with Gasteiger partial charge in [-0.15, -0.1) is 5.10 Å². The maximum Gasteiger partial charge on any atom is 0.248 e. The third kappa shape index (κ3) is 6.19. The van der Waals surface area contributed by atoms with E-state index in [2.05, 4.69) is 33.5 Å². The molecule has 6 rings (SSSR count). The lowest BCUT2D eigenvalue weighted by molar-refractivity contribution is -0.118. The first kappa shape index (κ1) is 31.6. The Balaban J connectivity index is 1.40. The first-order chi connectivity index (χ1) is 22.2. The van der Waals surface area contributed by atoms with E-state index in [9.17, 15) is 13.2 Å². The number of Topliss-reactive ketones (excluding diaryl/α,β-unsaturated/α-hetero) is 1. The number of aromatic nitrogens is 4. The Morgan fingerprint density at radius 1 is 1.02 bits per heavy atom. The number of ether oxygens (including phenoxy) is 1. The van der Waals surface area contributed by atoms with Crippen LogP contribution in [0.5, 0.6) is 5.88 Å². The monoisotopic (exact) mass is 637 g/mol. The van der Waals surface area contributed by atoms with E-state index >= 15 is 0 Å². The van der Waals surface area contributed by atoms with Gasteiger partial charge < -0.3 is 4.74 Å². The van der Waals surface area contributed by atoms with E-state index in [0.29, 0.717) is 25.8 Å². The number of aryl methyl sites for hydroxylation is 3. The van der Waals surface area contributed by atoms with Crippen molar-refractivity contribution in [3.63, 3.8) is 0 Å². The summed E-state index contributed by atoms with van der Waals surface area (Å²) in [6.07, 6.45) is 2.48. The topological polar surface area (TPSA) is 107 Å². The van der Waals surface area contributed by atoms with Crippen molar-refractivity contribution in [1.82, 2.24) is 24.3 Å². The minimum atomic E-state index is -3.87. The molecule has 9 nitrogen and oxygen atoms in total. The Labute approximate surface area is 270 Å². The number of hydrogen-bond acceptors (Lipinski definition) is 7. The number of hydrogen-bond donors (Lipinski definition) is 0. The summed E-state index contributed by atoms with van der Waals surface area (Å²) in [6, 6.07) is 23.2. The van der Waals surface area contributed by atoms with Crippen molar-refractivity contribution in [1.29, 1.82) is 0 Å². The molecule has 0 saturated heterocycles. The van der Waals surface area contributed by atoms with E-state index in [4.69, 9.17) is 4.74 Å². The fourth-order valence-corrected chi connectivity index (χ4v) is 7.80. The number of ketones is 1. The molecule has 0 fully saturated rings. The summed E-state index contributed by atoms with van der Waals surface area (Å²) in [4.78, 5) is 17.9. The zero-order valence-electron chi connectivity index (χ0n) is 26.7. The zero-order valence-corrected chi connectivity index (χ0v) is 27.5. The summed E-state index contributed by atoms with van der Waals surface area (Å²) in [5.41, 5.74) is 7.54. The van der Waals surface area contributed by atoms with E-state index in [1.807, 2.05) is 74.8 Å². The van der Waals surface area contributed by atoms with Gasteiger partial charge in [-0.1, -0.05) is 66.7 Å². The van der Waals surface area contributed by atoms with Crippen LogP contribution < -0.4 is 4.74 Å². The molecular formula is C36H39N5O4S. The van der Waals surface area contributed by atoms with Gasteiger partial charge in [-0.05, 0) is 78.8 Å². The van der Waals surface area contributed by atoms with Crippen molar-refractivity contribution in [2.45, 2.75) is 77.0 Å². The SMILES string of the molecule is CC[C@@H]1CN(Cc2cc([C@H](CC(=O)Cc3ccccc3)c3ccc4c(nnn4CC)c3C)ccc2C)S(=O)(=O)c2cccnc2O1. The number of sulfonamides is 1. The molecule has 3 heterocycles. The van der Waals surface area contributed by atoms with Crippen LogP contribution in [-0.4, -0.2) is 51.1 Å². The Morgan fingerprint density at radius 2 is 1.83 bits per heavy atom. The number of nitrogens with zero attached hydrogens (tertiary/aromatic N) is 5. The first-order valence-corrected chi connectivity index (χ1v) is 17.2. The van der Waals surface area contributed by atoms with E-state index in [-0.39, 0.29) is 41.7 Å². The van der Waals surface area contributed by atoms with Crippen LogP contribution in [0, 0.1) is 13.8 Å². The summed E-state index contributed by atoms with van der Waals surface area (Å²) in [7, 11) is -3.87. The van der Waals surface area contributed by atoms with Gasteiger partial charge in [0, 0.05) is 38.0 Å². The fourth-order valence-electron chi connectivity index (χ4n) is 6.28. The van der Waals surface area contributed by atoms with Crippen LogP contribution in [0.4, 0.5) is 0 Å². The van der Waals surface area contributed by atoms with E-state index in [1.165, 1.54) is 4.31 Å². The fraction of sp³-hybridized carbons (Fsp3) is 0.333. The van der Waals surface area contributed by atoms with Gasteiger partial charge in [-0.2, -0.15) is 4.31 Å². The molecular weight excluding hydrogens is 598 g/mol. The van der Waals surface area contributed by atoms with Crippen LogP contribution in [0.2, 0.25) is 0 Å². The molecule has 0 N–H and O–H groups in total. The molecule has 0 unspecified atom stereocenters. The van der Waals surface area contributed by atoms with Gasteiger partial charge >= 0.3 is 0 Å². The summed E-state index contributed by atoms with van der Waals surface area (Å²) in [5, 5.41) is 8.81. The van der Waals surface area contributed by atoms with E-state index in [1.54, 1.807) is 18.3 Å². The Hall–Kier alpha value is -4.41. The molecule has 0 spiro atoms. The minimum Gasteiger partial charge on any atom is -0.472 e. The second-order valence-electron chi connectivity index (χ2n) is 11.9. The molecule has 0 amide bonds. The molecule has 1 aliphatic heterocycles. The van der Waals surface area contributed by atoms with Crippen molar-refractivity contribution < 1.29 is 17.9 Å². The van der Waals surface area contributed by atoms with Crippen LogP contribution in [0.15, 0.2) is 83.9 Å². The summed E-state index contributed by atoms with van der Waals surface area (Å²) >= 11 is 0. The summed E-state index contributed by atoms with van der Waals surface area (Å²) in [5.74, 6) is 0.00601. The summed E-state index contributed by atoms with van der Waals surface area (Å²) < 4.78 is 37.2. The lowest BCUT2D eigenvalue weighted by atomic mass is 9.82. The lowest BCUT2D eigenvalue weighted by Crippen LogP contribution is -2.36. The minimum absolute atomic E-state index is 0.0770. The first-order valence-electron chi connectivity index (χ1n) is 15.8. The van der Waals surface area contributed by atoms with Crippen molar-refractivity contribution >= 4 is 26.8 Å². The molecule has 2 atom stereocenters. The second kappa shape index (κ2) is 13.1. The predicted molar refractivity (Wildman–Crippen MR) is 177 cm³/mol. The highest BCUT2D eigenvalue weighted by Gasteiger charge is 2.35. The molecule has 10 heteroatoms. The van der Waals surface area contributed by atoms with Gasteiger partial charge in [-0.25, -0.2) is 18.1 Å². The number of carbonyl (C=O) groups excluding carboxylic acids is 1. The quantitative estimate of drug-likeness (QED) is 0.181. The van der Waals surface area contributed by atoms with Crippen molar-refractivity contribution in [3.8, 4) is 5.88 Å². The third-order valence-corrected chi connectivity index (χ3v) is 10.8. The molecule has 2 aromatic heterocycles. The Morgan fingerprint density at radius 3 is 2.59 bits per heavy atom. The van der Waals surface area contributed by atoms with E-state index < -0.39 is 10.0 Å². The van der Waals surface area contributed by atoms with Crippen molar-refractivity contribution in [2.75, 3.05) is 6.54 Å². The maximum absolute atomic E-state index is 13.9. The van der Waals surface area contributed by atoms with Crippen molar-refractivity contribution in [2.24, 2.45) is 0 Å². The van der Waals surface area contributed by atoms with Crippen LogP contribution in [0.1, 0.15) is 66.0 Å². The normalized spacial score (nSPS) is 16.8. The van der Waals surface area contributed by atoms with E-state index in [0.717, 1.165) is 44.4 Å². The predicted octanol–water partition coefficient (Wildman–Crippen LogP) is 6.16. The molecule has 238 valence electrons. The van der Waals surface area contributed by atoms with Crippen molar-refractivity contribution in [3.05, 3.63) is 112 Å². The molecule has 0 saturated carbocycles. The van der Waals surface area contributed by atoms with Gasteiger partial charge in [0.2, 0.25) is 15.9 Å². The number of fused-ring (bicyclic) bond motifs is 2. The molecule has 0 aliphatic carbocycles. The molecule has 46 heavy (non-hydrogen) atoms. The Bertz CT molecular complexity index is 1990. The average Bonchev–Trinajstić information content (AvgIpc) is 3.45. The van der Waals surface area contributed by atoms with Gasteiger partial charge in [0.1, 0.15) is 22.3 Å². The largest absolute Gasteiger partial charge is 0.472 e. The third-order valence-electron chi connectivity index (χ3n) is 8.95. The van der Waals surface area contributed by atoms with Gasteiger partial charge in [-0.3, -0.25) is 4.79 Å². The van der Waals surface area contributed by atoms with Crippen LogP contribution in [0.25, 0.3) is 11.0 Å².